The molecule has 1 amide bonds. The Kier molecular flexibility index (Phi) is 7.50. The summed E-state index contributed by atoms with van der Waals surface area (Å²) in [4.78, 5) is 33.7. The van der Waals surface area contributed by atoms with Crippen molar-refractivity contribution in [2.75, 3.05) is 12.4 Å². The third-order valence-corrected chi connectivity index (χ3v) is 6.62. The van der Waals surface area contributed by atoms with Crippen LogP contribution in [0.15, 0.2) is 47.7 Å². The van der Waals surface area contributed by atoms with E-state index in [1.54, 1.807) is 0 Å². The van der Waals surface area contributed by atoms with E-state index in [2.05, 4.69) is 37.3 Å². The van der Waals surface area contributed by atoms with Crippen molar-refractivity contribution in [3.05, 3.63) is 75.0 Å². The Balaban J connectivity index is 1.61. The number of pyridine rings is 3. The minimum Gasteiger partial charge on any atom is -0.494 e. The van der Waals surface area contributed by atoms with Gasteiger partial charge in [-0.1, -0.05) is 17.3 Å². The average molecular weight is 589 g/mol. The van der Waals surface area contributed by atoms with Crippen molar-refractivity contribution in [3.8, 4) is 34.5 Å². The Bertz CT molecular complexity index is 1750. The second-order valence-corrected chi connectivity index (χ2v) is 9.68. The quantitative estimate of drug-likeness (QED) is 0.246. The minimum atomic E-state index is -4.94. The van der Waals surface area contributed by atoms with Crippen molar-refractivity contribution in [1.82, 2.24) is 24.7 Å². The van der Waals surface area contributed by atoms with E-state index in [0.29, 0.717) is 21.6 Å². The zero-order valence-electron chi connectivity index (χ0n) is 20.9. The molecule has 1 N–H and O–H groups in total. The van der Waals surface area contributed by atoms with E-state index in [-0.39, 0.29) is 33.4 Å². The number of rotatable bonds is 6. The summed E-state index contributed by atoms with van der Waals surface area (Å²) in [6.45, 7) is 0. The fourth-order valence-corrected chi connectivity index (χ4v) is 4.30. The van der Waals surface area contributed by atoms with Gasteiger partial charge in [-0.15, -0.1) is 10.2 Å². The van der Waals surface area contributed by atoms with E-state index in [4.69, 9.17) is 4.74 Å². The van der Waals surface area contributed by atoms with Crippen LogP contribution in [0.3, 0.4) is 0 Å². The van der Waals surface area contributed by atoms with Gasteiger partial charge in [-0.05, 0) is 43.0 Å². The number of carbonyl (C=O) groups excluding carboxylic acids is 1. The van der Waals surface area contributed by atoms with Gasteiger partial charge in [-0.25, -0.2) is 13.8 Å². The van der Waals surface area contributed by atoms with E-state index in [1.807, 2.05) is 0 Å². The molecule has 0 spiro atoms. The molecule has 4 aromatic rings. The van der Waals surface area contributed by atoms with Gasteiger partial charge in [0.25, 0.3) is 17.9 Å². The molecule has 4 heterocycles. The Morgan fingerprint density at radius 2 is 1.95 bits per heavy atom. The minimum absolute atomic E-state index is 0.0226. The van der Waals surface area contributed by atoms with E-state index in [1.165, 1.54) is 7.11 Å². The van der Waals surface area contributed by atoms with Gasteiger partial charge in [-0.3, -0.25) is 24.5 Å². The smallest absolute Gasteiger partial charge is 0.421 e. The number of alkyl halides is 5. The number of nitrogens with zero attached hydrogens (tertiary/aromatic N) is 5. The maximum absolute atomic E-state index is 13.5. The number of hydrogen-bond donors (Lipinski definition) is 1. The summed E-state index contributed by atoms with van der Waals surface area (Å²) in [5.74, 6) is 5.11. The highest BCUT2D eigenvalue weighted by Gasteiger charge is 2.34. The first kappa shape index (κ1) is 27.8. The van der Waals surface area contributed by atoms with Crippen LogP contribution in [0.4, 0.5) is 27.1 Å². The predicted octanol–water partition coefficient (Wildman–Crippen LogP) is 5.12. The molecule has 41 heavy (non-hydrogen) atoms. The molecule has 1 aliphatic carbocycles. The lowest BCUT2D eigenvalue weighted by atomic mass is 10.00. The summed E-state index contributed by atoms with van der Waals surface area (Å²) in [6, 6.07) is 3.72. The second-order valence-electron chi connectivity index (χ2n) is 8.70. The predicted molar refractivity (Wildman–Crippen MR) is 137 cm³/mol. The number of ether oxygens (including phenoxy) is 1. The van der Waals surface area contributed by atoms with Gasteiger partial charge < -0.3 is 4.74 Å². The number of halogens is 5. The van der Waals surface area contributed by atoms with E-state index in [0.717, 1.165) is 61.0 Å². The molecular formula is C26H17F5N6O3S. The molecule has 15 heteroatoms. The third-order valence-electron chi connectivity index (χ3n) is 5.86. The van der Waals surface area contributed by atoms with Crippen LogP contribution < -0.4 is 15.6 Å². The van der Waals surface area contributed by atoms with Crippen LogP contribution in [0.25, 0.3) is 16.9 Å². The highest BCUT2D eigenvalue weighted by molar-refractivity contribution is 7.15. The van der Waals surface area contributed by atoms with Crippen LogP contribution in [0.2, 0.25) is 0 Å². The molecule has 0 aliphatic heterocycles. The Morgan fingerprint density at radius 1 is 1.17 bits per heavy atom. The highest BCUT2D eigenvalue weighted by Crippen LogP contribution is 2.36. The summed E-state index contributed by atoms with van der Waals surface area (Å²) in [7, 11) is 1.24. The monoisotopic (exact) mass is 588 g/mol. The molecule has 1 saturated carbocycles. The normalized spacial score (nSPS) is 13.0. The maximum atomic E-state index is 13.5. The van der Waals surface area contributed by atoms with Crippen molar-refractivity contribution in [3.63, 3.8) is 0 Å². The van der Waals surface area contributed by atoms with Crippen LogP contribution in [-0.2, 0) is 6.18 Å². The standard InChI is InChI=1S/C26H17F5N6O3S/c1-40-19-12-32-18(22(27)28)9-15(19)14-10-20(37-8-2-3-17(24(37)39)26(29,30)31)33-11-16(14)23(38)34-25-36-35-21(41-25)7-6-13-4-5-13/h2-3,8-13,22H,4-5H2,1H3,(H,34,36,38). The molecule has 4 aromatic heterocycles. The summed E-state index contributed by atoms with van der Waals surface area (Å²) in [5.41, 5.74) is -3.80. The Hall–Kier alpha value is -4.71. The zero-order valence-corrected chi connectivity index (χ0v) is 21.7. The fourth-order valence-electron chi connectivity index (χ4n) is 3.70. The fraction of sp³-hybridized carbons (Fsp3) is 0.231. The molecule has 210 valence electrons. The molecule has 1 aliphatic rings. The van der Waals surface area contributed by atoms with Crippen molar-refractivity contribution in [2.24, 2.45) is 5.92 Å². The first-order chi connectivity index (χ1) is 19.5. The zero-order chi connectivity index (χ0) is 29.3. The summed E-state index contributed by atoms with van der Waals surface area (Å²) < 4.78 is 73.1. The van der Waals surface area contributed by atoms with Crippen LogP contribution >= 0.6 is 11.3 Å². The van der Waals surface area contributed by atoms with Gasteiger partial charge in [0.1, 0.15) is 22.8 Å². The van der Waals surface area contributed by atoms with Gasteiger partial charge in [0.15, 0.2) is 5.01 Å². The van der Waals surface area contributed by atoms with E-state index >= 15 is 0 Å². The summed E-state index contributed by atoms with van der Waals surface area (Å²) in [5, 5.41) is 10.8. The number of anilines is 1. The van der Waals surface area contributed by atoms with Crippen LogP contribution in [0, 0.1) is 17.8 Å². The number of nitrogens with one attached hydrogen (secondary N) is 1. The van der Waals surface area contributed by atoms with Crippen LogP contribution in [0.5, 0.6) is 5.75 Å². The first-order valence-electron chi connectivity index (χ1n) is 11.8. The Morgan fingerprint density at radius 3 is 2.63 bits per heavy atom. The van der Waals surface area contributed by atoms with Crippen molar-refractivity contribution in [2.45, 2.75) is 25.4 Å². The number of aromatic nitrogens is 5. The first-order valence-corrected chi connectivity index (χ1v) is 12.6. The molecule has 0 unspecified atom stereocenters. The van der Waals surface area contributed by atoms with Crippen molar-refractivity contribution >= 4 is 22.4 Å². The number of hydrogen-bond acceptors (Lipinski definition) is 8. The summed E-state index contributed by atoms with van der Waals surface area (Å²) in [6.07, 6.45) is -2.82. The van der Waals surface area contributed by atoms with Gasteiger partial charge in [-0.2, -0.15) is 13.2 Å². The molecule has 9 nitrogen and oxygen atoms in total. The molecule has 0 bridgehead atoms. The second kappa shape index (κ2) is 11.0. The third kappa shape index (κ3) is 6.07. The molecule has 0 atom stereocenters. The molecule has 0 saturated heterocycles. The summed E-state index contributed by atoms with van der Waals surface area (Å²) >= 11 is 1.01. The molecule has 5 rings (SSSR count). The molecule has 0 aromatic carbocycles. The van der Waals surface area contributed by atoms with Gasteiger partial charge in [0.2, 0.25) is 5.13 Å². The van der Waals surface area contributed by atoms with E-state index < -0.39 is 35.3 Å². The lowest BCUT2D eigenvalue weighted by molar-refractivity contribution is -0.138. The number of methoxy groups -OCH3 is 1. The Labute approximate surface area is 232 Å². The van der Waals surface area contributed by atoms with Gasteiger partial charge >= 0.3 is 6.18 Å². The largest absolute Gasteiger partial charge is 0.494 e. The average Bonchev–Trinajstić information content (AvgIpc) is 3.67. The highest BCUT2D eigenvalue weighted by atomic mass is 32.1. The topological polar surface area (TPSA) is 112 Å². The van der Waals surface area contributed by atoms with Crippen molar-refractivity contribution in [1.29, 1.82) is 0 Å². The molecule has 1 fully saturated rings. The lowest BCUT2D eigenvalue weighted by Gasteiger charge is -2.16. The van der Waals surface area contributed by atoms with Gasteiger partial charge in [0, 0.05) is 29.4 Å². The van der Waals surface area contributed by atoms with Crippen LogP contribution in [0.1, 0.15) is 45.9 Å². The van der Waals surface area contributed by atoms with Gasteiger partial charge in [0.05, 0.1) is 18.9 Å². The SMILES string of the molecule is COc1cnc(C(F)F)cc1-c1cc(-n2cccc(C(F)(F)F)c2=O)ncc1C(=O)Nc1nnc(C#CC2CC2)s1. The van der Waals surface area contributed by atoms with Crippen LogP contribution in [-0.4, -0.2) is 37.7 Å². The number of amides is 1. The van der Waals surface area contributed by atoms with Crippen molar-refractivity contribution < 1.29 is 31.5 Å². The maximum Gasteiger partial charge on any atom is 0.421 e. The molecular weight excluding hydrogens is 571 g/mol. The number of carbonyl (C=O) groups is 1. The van der Waals surface area contributed by atoms with E-state index in [9.17, 15) is 31.5 Å². The molecule has 0 radical (unpaired) electrons. The lowest BCUT2D eigenvalue weighted by Crippen LogP contribution is -2.27.